The Morgan fingerprint density at radius 1 is 1.07 bits per heavy atom. The first kappa shape index (κ1) is 17.9. The Morgan fingerprint density at radius 2 is 1.93 bits per heavy atom. The van der Waals surface area contributed by atoms with E-state index in [2.05, 4.69) is 10.5 Å². The van der Waals surface area contributed by atoms with Gasteiger partial charge < -0.3 is 18.7 Å². The van der Waals surface area contributed by atoms with Crippen molar-refractivity contribution in [3.63, 3.8) is 0 Å². The van der Waals surface area contributed by atoms with Crippen molar-refractivity contribution in [2.75, 3.05) is 0 Å². The third-order valence-corrected chi connectivity index (χ3v) is 4.88. The Morgan fingerprint density at radius 3 is 2.73 bits per heavy atom. The zero-order chi connectivity index (χ0) is 20.5. The molecule has 1 amide bonds. The molecule has 7 nitrogen and oxygen atoms in total. The van der Waals surface area contributed by atoms with Crippen LogP contribution in [0.2, 0.25) is 0 Å². The number of benzene rings is 1. The Hall–Kier alpha value is -4.13. The first-order valence-corrected chi connectivity index (χ1v) is 9.50. The van der Waals surface area contributed by atoms with Gasteiger partial charge in [-0.15, -0.1) is 0 Å². The van der Waals surface area contributed by atoms with E-state index in [0.717, 1.165) is 28.2 Å². The molecule has 0 radical (unpaired) electrons. The highest BCUT2D eigenvalue weighted by atomic mass is 16.5. The molecule has 0 bridgehead atoms. The lowest BCUT2D eigenvalue weighted by molar-refractivity contribution is 0.0947. The SMILES string of the molecule is Cc1onc(-c2ccccc2)c1-c1cn2cc(C(=O)NCc3ccco3)ccc2n1. The fourth-order valence-electron chi connectivity index (χ4n) is 3.40. The van der Waals surface area contributed by atoms with E-state index in [1.54, 1.807) is 24.6 Å². The number of hydrogen-bond acceptors (Lipinski definition) is 5. The molecule has 4 aromatic heterocycles. The molecule has 1 aromatic carbocycles. The maximum absolute atomic E-state index is 12.5. The average molecular weight is 398 g/mol. The molecule has 0 atom stereocenters. The van der Waals surface area contributed by atoms with Crippen LogP contribution in [0.4, 0.5) is 0 Å². The smallest absolute Gasteiger partial charge is 0.253 e. The Labute approximate surface area is 172 Å². The number of imidazole rings is 1. The van der Waals surface area contributed by atoms with Crippen molar-refractivity contribution in [2.45, 2.75) is 13.5 Å². The van der Waals surface area contributed by atoms with Gasteiger partial charge in [0.25, 0.3) is 5.91 Å². The van der Waals surface area contributed by atoms with Crippen molar-refractivity contribution >= 4 is 11.6 Å². The molecule has 0 aliphatic rings. The van der Waals surface area contributed by atoms with Crippen LogP contribution in [0.1, 0.15) is 21.9 Å². The molecule has 0 spiro atoms. The fourth-order valence-corrected chi connectivity index (χ4v) is 3.40. The van der Waals surface area contributed by atoms with Crippen molar-refractivity contribution in [3.05, 3.63) is 90.3 Å². The van der Waals surface area contributed by atoms with E-state index < -0.39 is 0 Å². The van der Waals surface area contributed by atoms with Gasteiger partial charge in [-0.2, -0.15) is 0 Å². The summed E-state index contributed by atoms with van der Waals surface area (Å²) in [6.07, 6.45) is 5.22. The lowest BCUT2D eigenvalue weighted by Crippen LogP contribution is -2.22. The van der Waals surface area contributed by atoms with E-state index in [0.29, 0.717) is 23.6 Å². The van der Waals surface area contributed by atoms with Crippen LogP contribution in [0.3, 0.4) is 0 Å². The van der Waals surface area contributed by atoms with E-state index in [1.807, 2.05) is 60.0 Å². The van der Waals surface area contributed by atoms with E-state index in [-0.39, 0.29) is 5.91 Å². The Bertz CT molecular complexity index is 1320. The van der Waals surface area contributed by atoms with Crippen molar-refractivity contribution in [1.29, 1.82) is 0 Å². The molecule has 0 aliphatic heterocycles. The van der Waals surface area contributed by atoms with Crippen molar-refractivity contribution in [3.8, 4) is 22.5 Å². The molecule has 148 valence electrons. The molecular weight excluding hydrogens is 380 g/mol. The number of aryl methyl sites for hydroxylation is 1. The number of carbonyl (C=O) groups excluding carboxylic acids is 1. The summed E-state index contributed by atoms with van der Waals surface area (Å²) in [5, 5.41) is 7.08. The Balaban J connectivity index is 1.47. The van der Waals surface area contributed by atoms with Crippen LogP contribution in [-0.2, 0) is 6.54 Å². The molecule has 5 aromatic rings. The average Bonchev–Trinajstić information content (AvgIpc) is 3.51. The monoisotopic (exact) mass is 398 g/mol. The first-order chi connectivity index (χ1) is 14.7. The third-order valence-electron chi connectivity index (χ3n) is 4.88. The number of furan rings is 1. The summed E-state index contributed by atoms with van der Waals surface area (Å²) >= 11 is 0. The van der Waals surface area contributed by atoms with Gasteiger partial charge in [-0.3, -0.25) is 4.79 Å². The molecule has 4 heterocycles. The second-order valence-electron chi connectivity index (χ2n) is 6.90. The molecule has 0 saturated heterocycles. The second kappa shape index (κ2) is 7.36. The topological polar surface area (TPSA) is 85.6 Å². The minimum absolute atomic E-state index is 0.185. The lowest BCUT2D eigenvalue weighted by Gasteiger charge is -2.03. The molecule has 0 unspecified atom stereocenters. The highest BCUT2D eigenvalue weighted by molar-refractivity contribution is 5.94. The number of carbonyl (C=O) groups is 1. The van der Waals surface area contributed by atoms with Gasteiger partial charge in [0.05, 0.1) is 29.6 Å². The summed E-state index contributed by atoms with van der Waals surface area (Å²) in [6.45, 7) is 2.20. The summed E-state index contributed by atoms with van der Waals surface area (Å²) < 4.78 is 12.5. The van der Waals surface area contributed by atoms with Crippen molar-refractivity contribution < 1.29 is 13.7 Å². The normalized spacial score (nSPS) is 11.1. The molecule has 30 heavy (non-hydrogen) atoms. The van der Waals surface area contributed by atoms with E-state index in [9.17, 15) is 4.79 Å². The highest BCUT2D eigenvalue weighted by Crippen LogP contribution is 2.33. The molecule has 1 N–H and O–H groups in total. The fraction of sp³-hybridized carbons (Fsp3) is 0.0870. The van der Waals surface area contributed by atoms with Crippen LogP contribution in [0.25, 0.3) is 28.2 Å². The van der Waals surface area contributed by atoms with Gasteiger partial charge in [0.15, 0.2) is 0 Å². The number of nitrogens with one attached hydrogen (secondary N) is 1. The molecular formula is C23H18N4O3. The van der Waals surface area contributed by atoms with Gasteiger partial charge in [-0.1, -0.05) is 35.5 Å². The van der Waals surface area contributed by atoms with E-state index in [1.165, 1.54) is 0 Å². The van der Waals surface area contributed by atoms with Crippen molar-refractivity contribution in [1.82, 2.24) is 19.9 Å². The summed E-state index contributed by atoms with van der Waals surface area (Å²) in [5.41, 5.74) is 4.54. The standard InChI is InChI=1S/C23H18N4O3/c1-15-21(22(26-30-15)16-6-3-2-4-7-16)19-14-27-13-17(9-10-20(27)25-19)23(28)24-12-18-8-5-11-29-18/h2-11,13-14H,12H2,1H3,(H,24,28). The minimum atomic E-state index is -0.185. The predicted octanol–water partition coefficient (Wildman–Crippen LogP) is 4.49. The number of rotatable bonds is 5. The number of nitrogens with zero attached hydrogens (tertiary/aromatic N) is 3. The van der Waals surface area contributed by atoms with Gasteiger partial charge in [-0.25, -0.2) is 4.98 Å². The number of amides is 1. The van der Waals surface area contributed by atoms with Gasteiger partial charge in [0.1, 0.15) is 22.9 Å². The predicted molar refractivity (Wildman–Crippen MR) is 111 cm³/mol. The minimum Gasteiger partial charge on any atom is -0.467 e. The summed E-state index contributed by atoms with van der Waals surface area (Å²) in [4.78, 5) is 17.2. The number of hydrogen-bond donors (Lipinski definition) is 1. The largest absolute Gasteiger partial charge is 0.467 e. The number of aromatic nitrogens is 3. The van der Waals surface area contributed by atoms with Gasteiger partial charge >= 0.3 is 0 Å². The van der Waals surface area contributed by atoms with Crippen LogP contribution < -0.4 is 5.32 Å². The molecule has 7 heteroatoms. The summed E-state index contributed by atoms with van der Waals surface area (Å²) in [5.74, 6) is 1.20. The highest BCUT2D eigenvalue weighted by Gasteiger charge is 2.19. The summed E-state index contributed by atoms with van der Waals surface area (Å²) in [7, 11) is 0. The van der Waals surface area contributed by atoms with Gasteiger partial charge in [0.2, 0.25) is 0 Å². The second-order valence-corrected chi connectivity index (χ2v) is 6.90. The number of pyridine rings is 1. The maximum atomic E-state index is 12.5. The zero-order valence-electron chi connectivity index (χ0n) is 16.2. The third kappa shape index (κ3) is 3.26. The van der Waals surface area contributed by atoms with E-state index in [4.69, 9.17) is 13.9 Å². The molecule has 0 aliphatic carbocycles. The zero-order valence-corrected chi connectivity index (χ0v) is 16.2. The van der Waals surface area contributed by atoms with Gasteiger partial charge in [0, 0.05) is 18.0 Å². The van der Waals surface area contributed by atoms with Crippen LogP contribution in [0.15, 0.2) is 82.2 Å². The maximum Gasteiger partial charge on any atom is 0.253 e. The molecule has 5 rings (SSSR count). The lowest BCUT2D eigenvalue weighted by atomic mass is 10.0. The quantitative estimate of drug-likeness (QED) is 0.471. The van der Waals surface area contributed by atoms with Crippen LogP contribution in [-0.4, -0.2) is 20.4 Å². The van der Waals surface area contributed by atoms with Gasteiger partial charge in [-0.05, 0) is 31.2 Å². The van der Waals surface area contributed by atoms with Crippen LogP contribution in [0, 0.1) is 6.92 Å². The summed E-state index contributed by atoms with van der Waals surface area (Å²) in [6, 6.07) is 17.0. The molecule has 0 saturated carbocycles. The van der Waals surface area contributed by atoms with E-state index >= 15 is 0 Å². The van der Waals surface area contributed by atoms with Crippen LogP contribution >= 0.6 is 0 Å². The van der Waals surface area contributed by atoms with Crippen molar-refractivity contribution in [2.24, 2.45) is 0 Å². The number of fused-ring (bicyclic) bond motifs is 1. The first-order valence-electron chi connectivity index (χ1n) is 9.50. The van der Waals surface area contributed by atoms with Crippen LogP contribution in [0.5, 0.6) is 0 Å². The Kier molecular flexibility index (Phi) is 4.40. The molecule has 0 fully saturated rings.